The summed E-state index contributed by atoms with van der Waals surface area (Å²) >= 11 is 0. The maximum atomic E-state index is 12.6. The predicted molar refractivity (Wildman–Crippen MR) is 103 cm³/mol. The Balaban J connectivity index is 1.69. The van der Waals surface area contributed by atoms with Crippen molar-refractivity contribution in [1.82, 2.24) is 0 Å². The van der Waals surface area contributed by atoms with Gasteiger partial charge in [-0.1, -0.05) is 12.1 Å². The van der Waals surface area contributed by atoms with Crippen LogP contribution >= 0.6 is 0 Å². The highest BCUT2D eigenvalue weighted by Gasteiger charge is 2.14. The number of anilines is 2. The first-order chi connectivity index (χ1) is 12.1. The minimum atomic E-state index is -0.151. The lowest BCUT2D eigenvalue weighted by Gasteiger charge is -2.28. The lowest BCUT2D eigenvalue weighted by atomic mass is 10.1. The van der Waals surface area contributed by atoms with Crippen molar-refractivity contribution >= 4 is 17.3 Å². The number of rotatable bonds is 5. The highest BCUT2D eigenvalue weighted by molar-refractivity contribution is 6.06. The molecule has 4 heteroatoms. The molecule has 0 radical (unpaired) electrons. The van der Waals surface area contributed by atoms with Crippen LogP contribution in [0.4, 0.5) is 11.4 Å². The average molecular weight is 338 g/mol. The first-order valence-electron chi connectivity index (χ1n) is 9.05. The van der Waals surface area contributed by atoms with E-state index in [2.05, 4.69) is 22.3 Å². The van der Waals surface area contributed by atoms with Gasteiger partial charge in [0.15, 0.2) is 0 Å². The molecule has 0 bridgehead atoms. The Morgan fingerprint density at radius 1 is 1.00 bits per heavy atom. The summed E-state index contributed by atoms with van der Waals surface area (Å²) in [5.41, 5.74) is 2.57. The quantitative estimate of drug-likeness (QED) is 0.858. The van der Waals surface area contributed by atoms with Gasteiger partial charge >= 0.3 is 0 Å². The van der Waals surface area contributed by atoms with Crippen molar-refractivity contribution in [3.63, 3.8) is 0 Å². The third-order valence-corrected chi connectivity index (χ3v) is 4.34. The molecule has 0 spiro atoms. The number of nitrogens with zero attached hydrogens (tertiary/aromatic N) is 1. The molecule has 0 unspecified atom stereocenters. The highest BCUT2D eigenvalue weighted by Crippen LogP contribution is 2.24. The second kappa shape index (κ2) is 8.06. The van der Waals surface area contributed by atoms with Crippen LogP contribution < -0.4 is 15.0 Å². The summed E-state index contributed by atoms with van der Waals surface area (Å²) in [5, 5.41) is 2.96. The molecular formula is C21H26N2O2. The molecule has 1 aliphatic heterocycles. The minimum absolute atomic E-state index is 0.0257. The van der Waals surface area contributed by atoms with Crippen molar-refractivity contribution in [2.45, 2.75) is 39.2 Å². The SMILES string of the molecule is CC(C)Oc1ccccc1C(=O)Nc1ccc(N2CCCCC2)cc1. The molecule has 1 aliphatic rings. The lowest BCUT2D eigenvalue weighted by Crippen LogP contribution is -2.29. The normalized spacial score (nSPS) is 14.4. The number of benzene rings is 2. The molecule has 2 aromatic carbocycles. The molecule has 0 saturated carbocycles. The molecule has 1 fully saturated rings. The molecule has 3 rings (SSSR count). The van der Waals surface area contributed by atoms with E-state index in [9.17, 15) is 4.79 Å². The minimum Gasteiger partial charge on any atom is -0.490 e. The van der Waals surface area contributed by atoms with Gasteiger partial charge in [-0.15, -0.1) is 0 Å². The van der Waals surface area contributed by atoms with Crippen LogP contribution in [0.15, 0.2) is 48.5 Å². The largest absolute Gasteiger partial charge is 0.490 e. The van der Waals surface area contributed by atoms with Gasteiger partial charge in [-0.25, -0.2) is 0 Å². The van der Waals surface area contributed by atoms with Gasteiger partial charge in [-0.3, -0.25) is 4.79 Å². The van der Waals surface area contributed by atoms with Crippen molar-refractivity contribution in [1.29, 1.82) is 0 Å². The van der Waals surface area contributed by atoms with Crippen LogP contribution in [0.1, 0.15) is 43.5 Å². The van der Waals surface area contributed by atoms with Gasteiger partial charge in [0.2, 0.25) is 0 Å². The fourth-order valence-corrected chi connectivity index (χ4v) is 3.12. The Bertz CT molecular complexity index is 704. The Hall–Kier alpha value is -2.49. The summed E-state index contributed by atoms with van der Waals surface area (Å²) in [5.74, 6) is 0.460. The maximum Gasteiger partial charge on any atom is 0.259 e. The van der Waals surface area contributed by atoms with Gasteiger partial charge in [0.1, 0.15) is 5.75 Å². The van der Waals surface area contributed by atoms with Gasteiger partial charge in [0.05, 0.1) is 11.7 Å². The van der Waals surface area contributed by atoms with Crippen molar-refractivity contribution in [2.24, 2.45) is 0 Å². The van der Waals surface area contributed by atoms with Crippen LogP contribution in [0.2, 0.25) is 0 Å². The van der Waals surface area contributed by atoms with Crippen molar-refractivity contribution in [3.05, 3.63) is 54.1 Å². The Morgan fingerprint density at radius 2 is 1.68 bits per heavy atom. The van der Waals surface area contributed by atoms with Crippen molar-refractivity contribution in [2.75, 3.05) is 23.3 Å². The second-order valence-corrected chi connectivity index (χ2v) is 6.71. The lowest BCUT2D eigenvalue weighted by molar-refractivity contribution is 0.102. The standard InChI is InChI=1S/C21H26N2O2/c1-16(2)25-20-9-5-4-8-19(20)21(24)22-17-10-12-18(13-11-17)23-14-6-3-7-15-23/h4-5,8-13,16H,3,6-7,14-15H2,1-2H3,(H,22,24). The van der Waals surface area contributed by atoms with Crippen LogP contribution in [0, 0.1) is 0 Å². The van der Waals surface area contributed by atoms with Crippen LogP contribution in [0.5, 0.6) is 5.75 Å². The Kier molecular flexibility index (Phi) is 5.59. The van der Waals surface area contributed by atoms with E-state index in [1.807, 2.05) is 44.2 Å². The van der Waals surface area contributed by atoms with Crippen LogP contribution in [-0.4, -0.2) is 25.1 Å². The van der Waals surface area contributed by atoms with Crippen LogP contribution in [-0.2, 0) is 0 Å². The fraction of sp³-hybridized carbons (Fsp3) is 0.381. The van der Waals surface area contributed by atoms with Crippen LogP contribution in [0.3, 0.4) is 0 Å². The molecule has 25 heavy (non-hydrogen) atoms. The van der Waals surface area contributed by atoms with E-state index in [0.717, 1.165) is 18.8 Å². The number of ether oxygens (including phenoxy) is 1. The number of hydrogen-bond donors (Lipinski definition) is 1. The average Bonchev–Trinajstić information content (AvgIpc) is 2.63. The van der Waals surface area contributed by atoms with Crippen molar-refractivity contribution < 1.29 is 9.53 Å². The molecule has 1 saturated heterocycles. The summed E-state index contributed by atoms with van der Waals surface area (Å²) in [6.45, 7) is 6.14. The van der Waals surface area contributed by atoms with Crippen molar-refractivity contribution in [3.8, 4) is 5.75 Å². The molecule has 0 atom stereocenters. The number of amides is 1. The smallest absolute Gasteiger partial charge is 0.259 e. The molecule has 1 amide bonds. The highest BCUT2D eigenvalue weighted by atomic mass is 16.5. The third-order valence-electron chi connectivity index (χ3n) is 4.34. The zero-order valence-electron chi connectivity index (χ0n) is 15.0. The third kappa shape index (κ3) is 4.53. The zero-order chi connectivity index (χ0) is 17.6. The number of carbonyl (C=O) groups excluding carboxylic acids is 1. The summed E-state index contributed by atoms with van der Waals surface area (Å²) in [6, 6.07) is 15.4. The zero-order valence-corrected chi connectivity index (χ0v) is 15.0. The molecule has 2 aromatic rings. The number of nitrogens with one attached hydrogen (secondary N) is 1. The summed E-state index contributed by atoms with van der Waals surface area (Å²) in [6.07, 6.45) is 3.86. The van der Waals surface area contributed by atoms with Gasteiger partial charge in [-0.05, 0) is 69.5 Å². The first-order valence-corrected chi connectivity index (χ1v) is 9.05. The number of hydrogen-bond acceptors (Lipinski definition) is 3. The van der Waals surface area contributed by atoms with E-state index in [-0.39, 0.29) is 12.0 Å². The van der Waals surface area contributed by atoms with E-state index in [4.69, 9.17) is 4.74 Å². The van der Waals surface area contributed by atoms with E-state index < -0.39 is 0 Å². The second-order valence-electron chi connectivity index (χ2n) is 6.71. The van der Waals surface area contributed by atoms with E-state index in [1.54, 1.807) is 6.07 Å². The van der Waals surface area contributed by atoms with E-state index >= 15 is 0 Å². The van der Waals surface area contributed by atoms with Crippen LogP contribution in [0.25, 0.3) is 0 Å². The summed E-state index contributed by atoms with van der Waals surface area (Å²) in [4.78, 5) is 15.0. The topological polar surface area (TPSA) is 41.6 Å². The number of carbonyl (C=O) groups is 1. The van der Waals surface area contributed by atoms with E-state index in [1.165, 1.54) is 24.9 Å². The molecule has 0 aromatic heterocycles. The van der Waals surface area contributed by atoms with E-state index in [0.29, 0.717) is 11.3 Å². The molecule has 1 N–H and O–H groups in total. The van der Waals surface area contributed by atoms with Gasteiger partial charge in [0, 0.05) is 24.5 Å². The first kappa shape index (κ1) is 17.3. The number of piperidine rings is 1. The molecule has 0 aliphatic carbocycles. The fourth-order valence-electron chi connectivity index (χ4n) is 3.12. The Morgan fingerprint density at radius 3 is 2.36 bits per heavy atom. The molecule has 4 nitrogen and oxygen atoms in total. The van der Waals surface area contributed by atoms with Gasteiger partial charge in [0.25, 0.3) is 5.91 Å². The van der Waals surface area contributed by atoms with Gasteiger partial charge in [-0.2, -0.15) is 0 Å². The summed E-state index contributed by atoms with van der Waals surface area (Å²) in [7, 11) is 0. The predicted octanol–water partition coefficient (Wildman–Crippen LogP) is 4.72. The summed E-state index contributed by atoms with van der Waals surface area (Å²) < 4.78 is 5.74. The monoisotopic (exact) mass is 338 g/mol. The molecule has 132 valence electrons. The van der Waals surface area contributed by atoms with Gasteiger partial charge < -0.3 is 15.0 Å². The Labute approximate surface area is 149 Å². The molecular weight excluding hydrogens is 312 g/mol. The number of para-hydroxylation sites is 1. The maximum absolute atomic E-state index is 12.6. The molecule has 1 heterocycles.